The van der Waals surface area contributed by atoms with E-state index < -0.39 is 0 Å². The van der Waals surface area contributed by atoms with Crippen molar-refractivity contribution < 1.29 is 14.3 Å². The first-order valence-corrected chi connectivity index (χ1v) is 15.6. The molecule has 14 heteroatoms. The number of nitrogens with one attached hydrogen (secondary N) is 3. The number of anilines is 3. The number of amides is 2. The molecule has 4 aromatic rings. The van der Waals surface area contributed by atoms with Crippen molar-refractivity contribution >= 4 is 23.7 Å². The molecular weight excluding hydrogens is 598 g/mol. The molecule has 1 saturated carbocycles. The number of urea groups is 1. The Bertz CT molecular complexity index is 1710. The van der Waals surface area contributed by atoms with Crippen molar-refractivity contribution in [2.75, 3.05) is 35.9 Å². The van der Waals surface area contributed by atoms with Crippen LogP contribution in [0, 0.1) is 25.2 Å². The van der Waals surface area contributed by atoms with Crippen molar-refractivity contribution in [3.63, 3.8) is 0 Å². The minimum absolute atomic E-state index is 0.0927. The Kier molecular flexibility index (Phi) is 9.63. The summed E-state index contributed by atoms with van der Waals surface area (Å²) in [5.74, 6) is 1.31. The molecule has 47 heavy (non-hydrogen) atoms. The molecule has 0 unspecified atom stereocenters. The molecule has 2 fully saturated rings. The summed E-state index contributed by atoms with van der Waals surface area (Å²) < 4.78 is 10.3. The third-order valence-corrected chi connectivity index (χ3v) is 8.36. The number of hydrogen-bond donors (Lipinski definition) is 3. The average molecular weight is 636 g/mol. The molecule has 3 N–H and O–H groups in total. The SMILES string of the molecule is COc1ncc(-c2c(C)nc(N(C(=O)NCc3ccccc3)[C@H]3CC[C@H](Nc4ncc(C#N)c(NC5COC5)n4)CC3)nc2C)cn1. The number of aromatic nitrogens is 6. The number of carbonyl (C=O) groups is 1. The molecule has 1 aliphatic carbocycles. The number of methoxy groups -OCH3 is 1. The Morgan fingerprint density at radius 2 is 1.66 bits per heavy atom. The monoisotopic (exact) mass is 635 g/mol. The Hall–Kier alpha value is -5.42. The second-order valence-electron chi connectivity index (χ2n) is 11.6. The third-order valence-electron chi connectivity index (χ3n) is 8.36. The third kappa shape index (κ3) is 7.36. The number of nitrogens with zero attached hydrogens (tertiary/aromatic N) is 8. The topological polar surface area (TPSA) is 176 Å². The van der Waals surface area contributed by atoms with E-state index >= 15 is 0 Å². The molecule has 0 atom stereocenters. The number of carbonyl (C=O) groups excluding carboxylic acids is 1. The lowest BCUT2D eigenvalue weighted by molar-refractivity contribution is 0.0209. The maximum Gasteiger partial charge on any atom is 0.324 e. The van der Waals surface area contributed by atoms with E-state index in [1.165, 1.54) is 13.3 Å². The number of hydrogen-bond acceptors (Lipinski definition) is 12. The molecule has 0 spiro atoms. The van der Waals surface area contributed by atoms with Crippen LogP contribution in [0.3, 0.4) is 0 Å². The number of ether oxygens (including phenoxy) is 2. The molecule has 4 heterocycles. The van der Waals surface area contributed by atoms with E-state index in [1.54, 1.807) is 17.3 Å². The molecule has 2 amide bonds. The molecule has 242 valence electrons. The highest BCUT2D eigenvalue weighted by molar-refractivity contribution is 5.91. The normalized spacial score (nSPS) is 17.6. The van der Waals surface area contributed by atoms with Crippen molar-refractivity contribution in [1.29, 1.82) is 5.26 Å². The van der Waals surface area contributed by atoms with E-state index in [0.29, 0.717) is 67.3 Å². The van der Waals surface area contributed by atoms with Gasteiger partial charge in [-0.1, -0.05) is 30.3 Å². The molecule has 2 aliphatic rings. The molecule has 1 aromatic carbocycles. The van der Waals surface area contributed by atoms with Crippen molar-refractivity contribution in [1.82, 2.24) is 35.2 Å². The predicted molar refractivity (Wildman–Crippen MR) is 175 cm³/mol. The summed E-state index contributed by atoms with van der Waals surface area (Å²) in [6, 6.07) is 12.1. The maximum absolute atomic E-state index is 13.9. The summed E-state index contributed by atoms with van der Waals surface area (Å²) in [6.07, 6.45) is 7.87. The molecule has 14 nitrogen and oxygen atoms in total. The summed E-state index contributed by atoms with van der Waals surface area (Å²) >= 11 is 0. The summed E-state index contributed by atoms with van der Waals surface area (Å²) in [5, 5.41) is 19.3. The van der Waals surface area contributed by atoms with Crippen LogP contribution in [0.1, 0.15) is 48.2 Å². The fraction of sp³-hybridized carbons (Fsp3) is 0.394. The fourth-order valence-electron chi connectivity index (χ4n) is 5.87. The Morgan fingerprint density at radius 1 is 0.957 bits per heavy atom. The van der Waals surface area contributed by atoms with Crippen LogP contribution in [0.25, 0.3) is 11.1 Å². The van der Waals surface area contributed by atoms with Crippen LogP contribution in [0.2, 0.25) is 0 Å². The van der Waals surface area contributed by atoms with Crippen LogP contribution in [0.4, 0.5) is 22.5 Å². The minimum Gasteiger partial charge on any atom is -0.467 e. The van der Waals surface area contributed by atoms with Crippen LogP contribution >= 0.6 is 0 Å². The zero-order valence-electron chi connectivity index (χ0n) is 26.6. The second-order valence-corrected chi connectivity index (χ2v) is 11.6. The van der Waals surface area contributed by atoms with Crippen molar-refractivity contribution in [2.24, 2.45) is 0 Å². The van der Waals surface area contributed by atoms with E-state index in [-0.39, 0.29) is 30.2 Å². The first-order valence-electron chi connectivity index (χ1n) is 15.6. The molecule has 3 aromatic heterocycles. The first kappa shape index (κ1) is 31.6. The Morgan fingerprint density at radius 3 is 2.28 bits per heavy atom. The summed E-state index contributed by atoms with van der Waals surface area (Å²) in [6.45, 7) is 5.34. The van der Waals surface area contributed by atoms with Gasteiger partial charge in [0.05, 0.1) is 44.0 Å². The van der Waals surface area contributed by atoms with E-state index in [0.717, 1.165) is 29.5 Å². The van der Waals surface area contributed by atoms with Gasteiger partial charge in [0.25, 0.3) is 0 Å². The van der Waals surface area contributed by atoms with Gasteiger partial charge in [-0.25, -0.2) is 29.7 Å². The van der Waals surface area contributed by atoms with Crippen molar-refractivity contribution in [3.8, 4) is 23.2 Å². The second kappa shape index (κ2) is 14.3. The Labute approximate surface area is 273 Å². The van der Waals surface area contributed by atoms with Gasteiger partial charge in [0.1, 0.15) is 17.5 Å². The molecule has 1 aliphatic heterocycles. The Balaban J connectivity index is 1.20. The van der Waals surface area contributed by atoms with Gasteiger partial charge in [0.2, 0.25) is 11.9 Å². The van der Waals surface area contributed by atoms with Crippen LogP contribution < -0.4 is 25.6 Å². The minimum atomic E-state index is -0.254. The van der Waals surface area contributed by atoms with Crippen LogP contribution in [0.5, 0.6) is 6.01 Å². The smallest absolute Gasteiger partial charge is 0.324 e. The van der Waals surface area contributed by atoms with Gasteiger partial charge in [-0.15, -0.1) is 0 Å². The van der Waals surface area contributed by atoms with E-state index in [2.05, 4.69) is 42.0 Å². The van der Waals surface area contributed by atoms with Gasteiger partial charge in [-0.2, -0.15) is 10.2 Å². The highest BCUT2D eigenvalue weighted by atomic mass is 16.5. The van der Waals surface area contributed by atoms with Crippen LogP contribution in [-0.4, -0.2) is 74.4 Å². The van der Waals surface area contributed by atoms with Crippen molar-refractivity contribution in [3.05, 3.63) is 71.4 Å². The fourth-order valence-corrected chi connectivity index (χ4v) is 5.87. The summed E-state index contributed by atoms with van der Waals surface area (Å²) in [4.78, 5) is 42.7. The number of benzene rings is 1. The van der Waals surface area contributed by atoms with Gasteiger partial charge in [0.15, 0.2) is 0 Å². The maximum atomic E-state index is 13.9. The number of aryl methyl sites for hydroxylation is 2. The van der Waals surface area contributed by atoms with Gasteiger partial charge < -0.3 is 25.4 Å². The molecule has 6 rings (SSSR count). The van der Waals surface area contributed by atoms with Gasteiger partial charge >= 0.3 is 12.0 Å². The van der Waals surface area contributed by atoms with Crippen LogP contribution in [0.15, 0.2) is 48.9 Å². The standard InChI is InChI=1S/C33H37N11O3/c1-20-28(24-16-36-32(46-3)37-17-24)21(2)40-31(39-20)44(33(45)38-14-22-7-5-4-6-8-22)27-11-9-25(10-12-27)42-30-35-15-23(13-34)29(43-30)41-26-18-47-19-26/h4-8,15-17,25-27H,9-12,14,18-19H2,1-3H3,(H,38,45)(H2,35,41,42,43)/t25-,27-. The lowest BCUT2D eigenvalue weighted by atomic mass is 9.90. The zero-order chi connectivity index (χ0) is 32.8. The number of nitriles is 1. The first-order chi connectivity index (χ1) is 22.9. The van der Waals surface area contributed by atoms with E-state index in [4.69, 9.17) is 19.4 Å². The lowest BCUT2D eigenvalue weighted by Gasteiger charge is -2.36. The van der Waals surface area contributed by atoms with Crippen molar-refractivity contribution in [2.45, 2.75) is 64.2 Å². The summed E-state index contributed by atoms with van der Waals surface area (Å²) in [5.41, 5.74) is 4.40. The summed E-state index contributed by atoms with van der Waals surface area (Å²) in [7, 11) is 1.52. The predicted octanol–water partition coefficient (Wildman–Crippen LogP) is 4.17. The quantitative estimate of drug-likeness (QED) is 0.227. The molecular formula is C33H37N11O3. The lowest BCUT2D eigenvalue weighted by Crippen LogP contribution is -2.49. The average Bonchev–Trinajstić information content (AvgIpc) is 3.07. The molecule has 1 saturated heterocycles. The van der Waals surface area contributed by atoms with E-state index in [1.807, 2.05) is 44.2 Å². The molecule has 0 bridgehead atoms. The zero-order valence-corrected chi connectivity index (χ0v) is 26.6. The number of rotatable bonds is 10. The highest BCUT2D eigenvalue weighted by Gasteiger charge is 2.33. The van der Waals surface area contributed by atoms with Gasteiger partial charge in [0, 0.05) is 42.1 Å². The van der Waals surface area contributed by atoms with E-state index in [9.17, 15) is 10.1 Å². The van der Waals surface area contributed by atoms with Crippen LogP contribution in [-0.2, 0) is 11.3 Å². The molecule has 0 radical (unpaired) electrons. The highest BCUT2D eigenvalue weighted by Crippen LogP contribution is 2.31. The van der Waals surface area contributed by atoms with Gasteiger partial charge in [-0.05, 0) is 45.1 Å². The van der Waals surface area contributed by atoms with Gasteiger partial charge in [-0.3, -0.25) is 4.90 Å². The largest absolute Gasteiger partial charge is 0.467 e.